The third-order valence-corrected chi connectivity index (χ3v) is 2.37. The molecule has 0 saturated carbocycles. The first-order valence-electron chi connectivity index (χ1n) is 4.87. The third-order valence-electron chi connectivity index (χ3n) is 2.37. The van der Waals surface area contributed by atoms with Crippen LogP contribution in [-0.2, 0) is 6.18 Å². The zero-order valence-corrected chi connectivity index (χ0v) is 9.11. The fourth-order valence-corrected chi connectivity index (χ4v) is 1.48. The number of nitrogens with one attached hydrogen (secondary N) is 1. The van der Waals surface area contributed by atoms with Crippen molar-refractivity contribution in [2.75, 3.05) is 7.05 Å². The summed E-state index contributed by atoms with van der Waals surface area (Å²) in [5.41, 5.74) is -0.952. The Morgan fingerprint density at radius 3 is 2.53 bits per heavy atom. The van der Waals surface area contributed by atoms with Crippen molar-refractivity contribution < 1.29 is 17.6 Å². The average molecular weight is 245 g/mol. The van der Waals surface area contributed by atoms with Gasteiger partial charge >= 0.3 is 6.18 Å². The Kier molecular flexibility index (Phi) is 4.13. The largest absolute Gasteiger partial charge is 0.419 e. The summed E-state index contributed by atoms with van der Waals surface area (Å²) >= 11 is 0. The molecule has 0 radical (unpaired) electrons. The maximum atomic E-state index is 13.0. The summed E-state index contributed by atoms with van der Waals surface area (Å²) in [5, 5.41) is 2.79. The number of terminal acetylenes is 1. The van der Waals surface area contributed by atoms with Gasteiger partial charge in [0.15, 0.2) is 0 Å². The molecule has 0 amide bonds. The fourth-order valence-electron chi connectivity index (χ4n) is 1.48. The average Bonchev–Trinajstić information content (AvgIpc) is 2.25. The lowest BCUT2D eigenvalue weighted by Crippen LogP contribution is -2.17. The summed E-state index contributed by atoms with van der Waals surface area (Å²) < 4.78 is 50.5. The first-order chi connectivity index (χ1) is 7.90. The Hall–Kier alpha value is -1.54. The minimum Gasteiger partial charge on any atom is -0.312 e. The van der Waals surface area contributed by atoms with E-state index in [1.54, 1.807) is 7.05 Å². The molecule has 0 spiro atoms. The Labute approximate surface area is 96.8 Å². The van der Waals surface area contributed by atoms with Crippen LogP contribution in [0.15, 0.2) is 18.2 Å². The number of alkyl halides is 3. The van der Waals surface area contributed by atoms with Crippen molar-refractivity contribution in [3.63, 3.8) is 0 Å². The van der Waals surface area contributed by atoms with E-state index in [9.17, 15) is 17.6 Å². The number of rotatable bonds is 3. The normalized spacial score (nSPS) is 13.2. The molecule has 0 heterocycles. The van der Waals surface area contributed by atoms with Gasteiger partial charge in [-0.15, -0.1) is 12.3 Å². The fraction of sp³-hybridized carbons (Fsp3) is 0.333. The van der Waals surface area contributed by atoms with Crippen molar-refractivity contribution in [2.45, 2.75) is 18.6 Å². The molecule has 1 unspecified atom stereocenters. The molecule has 1 N–H and O–H groups in total. The van der Waals surface area contributed by atoms with Crippen LogP contribution in [0, 0.1) is 18.2 Å². The second kappa shape index (κ2) is 5.19. The summed E-state index contributed by atoms with van der Waals surface area (Å²) in [6.07, 6.45) is 0.645. The number of benzene rings is 1. The van der Waals surface area contributed by atoms with Crippen LogP contribution in [0.4, 0.5) is 17.6 Å². The molecule has 5 heteroatoms. The van der Waals surface area contributed by atoms with E-state index in [1.165, 1.54) is 6.07 Å². The zero-order valence-electron chi connectivity index (χ0n) is 9.11. The Morgan fingerprint density at radius 1 is 1.41 bits per heavy atom. The van der Waals surface area contributed by atoms with Gasteiger partial charge in [-0.25, -0.2) is 4.39 Å². The lowest BCUT2D eigenvalue weighted by atomic mass is 10.0. The van der Waals surface area contributed by atoms with E-state index < -0.39 is 23.6 Å². The Balaban J connectivity index is 3.17. The van der Waals surface area contributed by atoms with Crippen molar-refractivity contribution in [1.29, 1.82) is 0 Å². The van der Waals surface area contributed by atoms with E-state index in [4.69, 9.17) is 6.42 Å². The highest BCUT2D eigenvalue weighted by Crippen LogP contribution is 2.33. The van der Waals surface area contributed by atoms with E-state index >= 15 is 0 Å². The van der Waals surface area contributed by atoms with Crippen molar-refractivity contribution in [2.24, 2.45) is 0 Å². The van der Waals surface area contributed by atoms with Crippen LogP contribution >= 0.6 is 0 Å². The van der Waals surface area contributed by atoms with E-state index in [0.717, 1.165) is 12.1 Å². The van der Waals surface area contributed by atoms with E-state index in [2.05, 4.69) is 11.2 Å². The van der Waals surface area contributed by atoms with Crippen LogP contribution in [-0.4, -0.2) is 7.05 Å². The molecule has 0 fully saturated rings. The molecule has 0 aliphatic rings. The highest BCUT2D eigenvalue weighted by Gasteiger charge is 2.34. The van der Waals surface area contributed by atoms with Crippen molar-refractivity contribution >= 4 is 0 Å². The Morgan fingerprint density at radius 2 is 2.06 bits per heavy atom. The van der Waals surface area contributed by atoms with Crippen LogP contribution < -0.4 is 5.32 Å². The second-order valence-corrected chi connectivity index (χ2v) is 3.49. The summed E-state index contributed by atoms with van der Waals surface area (Å²) in [7, 11) is 1.58. The molecule has 0 aliphatic carbocycles. The van der Waals surface area contributed by atoms with Crippen LogP contribution in [0.5, 0.6) is 0 Å². The quantitative estimate of drug-likeness (QED) is 0.637. The van der Waals surface area contributed by atoms with Gasteiger partial charge in [0.05, 0.1) is 5.56 Å². The van der Waals surface area contributed by atoms with Crippen molar-refractivity contribution in [1.82, 2.24) is 5.32 Å². The van der Waals surface area contributed by atoms with Gasteiger partial charge in [-0.1, -0.05) is 6.07 Å². The molecule has 1 rings (SSSR count). The highest BCUT2D eigenvalue weighted by atomic mass is 19.4. The zero-order chi connectivity index (χ0) is 13.1. The summed E-state index contributed by atoms with van der Waals surface area (Å²) in [6.45, 7) is 0. The second-order valence-electron chi connectivity index (χ2n) is 3.49. The predicted molar refractivity (Wildman–Crippen MR) is 56.7 cm³/mol. The van der Waals surface area contributed by atoms with Crippen LogP contribution in [0.1, 0.15) is 23.6 Å². The lowest BCUT2D eigenvalue weighted by Gasteiger charge is -2.16. The first-order valence-corrected chi connectivity index (χ1v) is 4.87. The maximum Gasteiger partial charge on any atom is 0.419 e. The number of hydrogen-bond acceptors (Lipinski definition) is 1. The predicted octanol–water partition coefficient (Wildman–Crippen LogP) is 3.13. The highest BCUT2D eigenvalue weighted by molar-refractivity contribution is 5.30. The van der Waals surface area contributed by atoms with Gasteiger partial charge in [0.2, 0.25) is 0 Å². The molecular formula is C12H11F4N. The summed E-state index contributed by atoms with van der Waals surface area (Å²) in [4.78, 5) is 0. The molecule has 1 aromatic carbocycles. The molecular weight excluding hydrogens is 234 g/mol. The van der Waals surface area contributed by atoms with Crippen molar-refractivity contribution in [3.8, 4) is 12.3 Å². The molecule has 0 aliphatic heterocycles. The monoisotopic (exact) mass is 245 g/mol. The van der Waals surface area contributed by atoms with Gasteiger partial charge in [0, 0.05) is 12.5 Å². The topological polar surface area (TPSA) is 12.0 Å². The smallest absolute Gasteiger partial charge is 0.312 e. The van der Waals surface area contributed by atoms with Gasteiger partial charge in [0.1, 0.15) is 5.82 Å². The van der Waals surface area contributed by atoms with Crippen LogP contribution in [0.25, 0.3) is 0 Å². The Bertz CT molecular complexity index is 431. The standard InChI is InChI=1S/C12H11F4N/c1-3-4-11(17-2)8-5-6-10(13)9(7-8)12(14,15)16/h1,5-7,11,17H,4H2,2H3. The molecule has 1 atom stereocenters. The van der Waals surface area contributed by atoms with Crippen LogP contribution in [0.2, 0.25) is 0 Å². The van der Waals surface area contributed by atoms with Crippen molar-refractivity contribution in [3.05, 3.63) is 35.1 Å². The molecule has 0 bridgehead atoms. The molecule has 1 aromatic rings. The summed E-state index contributed by atoms with van der Waals surface area (Å²) in [6, 6.07) is 2.47. The SMILES string of the molecule is C#CCC(NC)c1ccc(F)c(C(F)(F)F)c1. The number of hydrogen-bond donors (Lipinski definition) is 1. The van der Waals surface area contributed by atoms with Gasteiger partial charge < -0.3 is 5.32 Å². The first kappa shape index (κ1) is 13.5. The van der Waals surface area contributed by atoms with Gasteiger partial charge in [-0.3, -0.25) is 0 Å². The minimum atomic E-state index is -4.70. The van der Waals surface area contributed by atoms with E-state index in [-0.39, 0.29) is 6.42 Å². The maximum absolute atomic E-state index is 13.0. The van der Waals surface area contributed by atoms with Crippen LogP contribution in [0.3, 0.4) is 0 Å². The van der Waals surface area contributed by atoms with Gasteiger partial charge in [-0.2, -0.15) is 13.2 Å². The van der Waals surface area contributed by atoms with E-state index in [0.29, 0.717) is 5.56 Å². The van der Waals surface area contributed by atoms with Gasteiger partial charge in [0.25, 0.3) is 0 Å². The van der Waals surface area contributed by atoms with Gasteiger partial charge in [-0.05, 0) is 24.7 Å². The third kappa shape index (κ3) is 3.21. The van der Waals surface area contributed by atoms with E-state index in [1.807, 2.05) is 0 Å². The summed E-state index contributed by atoms with van der Waals surface area (Å²) in [5.74, 6) is 1.07. The lowest BCUT2D eigenvalue weighted by molar-refractivity contribution is -0.140. The minimum absolute atomic E-state index is 0.236. The number of halogens is 4. The molecule has 17 heavy (non-hydrogen) atoms. The molecule has 0 saturated heterocycles. The molecule has 92 valence electrons. The molecule has 1 nitrogen and oxygen atoms in total. The molecule has 0 aromatic heterocycles.